The lowest BCUT2D eigenvalue weighted by Gasteiger charge is -2.35. The summed E-state index contributed by atoms with van der Waals surface area (Å²) in [5.74, 6) is -0.103. The van der Waals surface area contributed by atoms with Crippen LogP contribution >= 0.6 is 12.2 Å². The number of hydrogen-bond acceptors (Lipinski definition) is 4. The summed E-state index contributed by atoms with van der Waals surface area (Å²) < 4.78 is 0. The molecule has 1 aliphatic rings. The molecule has 2 aromatic rings. The molecule has 0 saturated carbocycles. The van der Waals surface area contributed by atoms with E-state index in [0.717, 1.165) is 11.3 Å². The average molecular weight is 367 g/mol. The molecule has 0 fully saturated rings. The second-order valence-corrected chi connectivity index (χ2v) is 6.37. The molecule has 1 atom stereocenters. The van der Waals surface area contributed by atoms with Crippen molar-refractivity contribution in [1.29, 1.82) is 0 Å². The normalized spacial score (nSPS) is 17.1. The standard InChI is InChI=1S/C19H17N3O3S/c1-12-16(18(23)14-6-4-3-5-7-14)17(20-19(26)21(12)2)13-8-10-15(11-9-13)22(24)25/h3-11,17H,1-2H3,(H,20,26). The van der Waals surface area contributed by atoms with Crippen molar-refractivity contribution in [2.75, 3.05) is 7.05 Å². The van der Waals surface area contributed by atoms with Crippen molar-refractivity contribution in [1.82, 2.24) is 10.2 Å². The number of nitrogens with zero attached hydrogens (tertiary/aromatic N) is 2. The quantitative estimate of drug-likeness (QED) is 0.385. The van der Waals surface area contributed by atoms with Crippen LogP contribution in [0.3, 0.4) is 0 Å². The van der Waals surface area contributed by atoms with E-state index in [9.17, 15) is 14.9 Å². The first kappa shape index (κ1) is 17.8. The molecule has 1 unspecified atom stereocenters. The molecule has 132 valence electrons. The van der Waals surface area contributed by atoms with Crippen molar-refractivity contribution >= 4 is 28.8 Å². The molecular weight excluding hydrogens is 350 g/mol. The number of rotatable bonds is 4. The lowest BCUT2D eigenvalue weighted by molar-refractivity contribution is -0.384. The third-order valence-corrected chi connectivity index (χ3v) is 4.86. The molecule has 2 aromatic carbocycles. The summed E-state index contributed by atoms with van der Waals surface area (Å²) in [7, 11) is 1.80. The largest absolute Gasteiger partial charge is 0.351 e. The van der Waals surface area contributed by atoms with Crippen molar-refractivity contribution < 1.29 is 9.72 Å². The van der Waals surface area contributed by atoms with Crippen LogP contribution in [0, 0.1) is 10.1 Å². The predicted molar refractivity (Wildman–Crippen MR) is 103 cm³/mol. The second kappa shape index (κ2) is 7.05. The van der Waals surface area contributed by atoms with Crippen molar-refractivity contribution in [2.45, 2.75) is 13.0 Å². The van der Waals surface area contributed by atoms with E-state index in [1.54, 1.807) is 36.2 Å². The third kappa shape index (κ3) is 3.21. The number of nitro benzene ring substituents is 1. The van der Waals surface area contributed by atoms with Gasteiger partial charge in [-0.3, -0.25) is 14.9 Å². The lowest BCUT2D eigenvalue weighted by atomic mass is 9.89. The number of allylic oxidation sites excluding steroid dienone is 1. The molecule has 0 aromatic heterocycles. The summed E-state index contributed by atoms with van der Waals surface area (Å²) in [5, 5.41) is 14.6. The molecule has 26 heavy (non-hydrogen) atoms. The molecule has 0 aliphatic carbocycles. The zero-order chi connectivity index (χ0) is 18.8. The maximum absolute atomic E-state index is 13.1. The van der Waals surface area contributed by atoms with Gasteiger partial charge in [-0.05, 0) is 36.8 Å². The van der Waals surface area contributed by atoms with E-state index in [2.05, 4.69) is 5.32 Å². The van der Waals surface area contributed by atoms with Gasteiger partial charge in [0, 0.05) is 36.0 Å². The van der Waals surface area contributed by atoms with Crippen molar-refractivity contribution in [2.24, 2.45) is 0 Å². The number of thiocarbonyl (C=S) groups is 1. The van der Waals surface area contributed by atoms with E-state index in [-0.39, 0.29) is 11.5 Å². The zero-order valence-corrected chi connectivity index (χ0v) is 15.1. The van der Waals surface area contributed by atoms with Crippen molar-refractivity contribution in [3.8, 4) is 0 Å². The van der Waals surface area contributed by atoms with Gasteiger partial charge in [0.15, 0.2) is 10.9 Å². The lowest BCUT2D eigenvalue weighted by Crippen LogP contribution is -2.45. The van der Waals surface area contributed by atoms with Crippen LogP contribution in [0.5, 0.6) is 0 Å². The van der Waals surface area contributed by atoms with Crippen molar-refractivity contribution in [3.05, 3.63) is 87.1 Å². The maximum atomic E-state index is 13.1. The molecule has 6 nitrogen and oxygen atoms in total. The summed E-state index contributed by atoms with van der Waals surface area (Å²) >= 11 is 5.37. The first-order valence-corrected chi connectivity index (χ1v) is 8.40. The molecule has 7 heteroatoms. The van der Waals surface area contributed by atoms with E-state index < -0.39 is 11.0 Å². The minimum absolute atomic E-state index is 0.000825. The van der Waals surface area contributed by atoms with Gasteiger partial charge in [0.05, 0.1) is 11.0 Å². The van der Waals surface area contributed by atoms with Crippen LogP contribution in [0.15, 0.2) is 65.9 Å². The Bertz CT molecular complexity index is 907. The van der Waals surface area contributed by atoms with E-state index >= 15 is 0 Å². The fourth-order valence-corrected chi connectivity index (χ4v) is 3.17. The van der Waals surface area contributed by atoms with Crippen molar-refractivity contribution in [3.63, 3.8) is 0 Å². The van der Waals surface area contributed by atoms with Gasteiger partial charge in [0.2, 0.25) is 0 Å². The summed E-state index contributed by atoms with van der Waals surface area (Å²) in [4.78, 5) is 25.3. The summed E-state index contributed by atoms with van der Waals surface area (Å²) in [5.41, 5.74) is 2.65. The first-order valence-electron chi connectivity index (χ1n) is 7.99. The first-order chi connectivity index (χ1) is 12.4. The molecule has 0 saturated heterocycles. The Morgan fingerprint density at radius 1 is 1.15 bits per heavy atom. The number of carbonyl (C=O) groups excluding carboxylic acids is 1. The van der Waals surface area contributed by atoms with Crippen LogP contribution < -0.4 is 5.32 Å². The van der Waals surface area contributed by atoms with Crippen LogP contribution in [-0.2, 0) is 0 Å². The highest BCUT2D eigenvalue weighted by Gasteiger charge is 2.32. The highest BCUT2D eigenvalue weighted by atomic mass is 32.1. The van der Waals surface area contributed by atoms with E-state index in [0.29, 0.717) is 16.2 Å². The molecular formula is C19H17N3O3S. The number of nitro groups is 1. The fourth-order valence-electron chi connectivity index (χ4n) is 2.91. The highest BCUT2D eigenvalue weighted by molar-refractivity contribution is 7.80. The van der Waals surface area contributed by atoms with Crippen LogP contribution in [0.25, 0.3) is 0 Å². The number of non-ortho nitro benzene ring substituents is 1. The zero-order valence-electron chi connectivity index (χ0n) is 14.3. The van der Waals surface area contributed by atoms with Gasteiger partial charge in [0.1, 0.15) is 0 Å². The SMILES string of the molecule is CC1=C(C(=O)c2ccccc2)C(c2ccc([N+](=O)[O-])cc2)NC(=S)N1C. The van der Waals surface area contributed by atoms with E-state index in [1.165, 1.54) is 12.1 Å². The molecule has 0 spiro atoms. The molecule has 1 heterocycles. The second-order valence-electron chi connectivity index (χ2n) is 5.98. The van der Waals surface area contributed by atoms with Gasteiger partial charge in [-0.1, -0.05) is 30.3 Å². The number of nitrogens with one attached hydrogen (secondary N) is 1. The molecule has 0 radical (unpaired) electrons. The minimum Gasteiger partial charge on any atom is -0.351 e. The molecule has 0 bridgehead atoms. The summed E-state index contributed by atoms with van der Waals surface area (Å²) in [6.07, 6.45) is 0. The number of Topliss-reactive ketones (excluding diaryl/α,β-unsaturated/α-hetero) is 1. The van der Waals surface area contributed by atoms with Crippen LogP contribution in [0.2, 0.25) is 0 Å². The minimum atomic E-state index is -0.466. The van der Waals surface area contributed by atoms with Gasteiger partial charge < -0.3 is 10.2 Å². The summed E-state index contributed by atoms with van der Waals surface area (Å²) in [6.45, 7) is 1.85. The third-order valence-electron chi connectivity index (χ3n) is 4.47. The Labute approximate surface area is 156 Å². The number of ketones is 1. The van der Waals surface area contributed by atoms with Gasteiger partial charge in [-0.25, -0.2) is 0 Å². The van der Waals surface area contributed by atoms with E-state index in [1.807, 2.05) is 25.1 Å². The molecule has 1 N–H and O–H groups in total. The Kier molecular flexibility index (Phi) is 4.81. The Morgan fingerprint density at radius 3 is 2.35 bits per heavy atom. The van der Waals surface area contributed by atoms with Gasteiger partial charge in [-0.2, -0.15) is 0 Å². The molecule has 1 aliphatic heterocycles. The van der Waals surface area contributed by atoms with Crippen LogP contribution in [0.4, 0.5) is 5.69 Å². The van der Waals surface area contributed by atoms with Crippen LogP contribution in [-0.4, -0.2) is 27.8 Å². The van der Waals surface area contributed by atoms with Gasteiger partial charge in [0.25, 0.3) is 5.69 Å². The number of hydrogen-bond donors (Lipinski definition) is 1. The smallest absolute Gasteiger partial charge is 0.269 e. The fraction of sp³-hybridized carbons (Fsp3) is 0.158. The average Bonchev–Trinajstić information content (AvgIpc) is 2.66. The molecule has 3 rings (SSSR count). The monoisotopic (exact) mass is 367 g/mol. The topological polar surface area (TPSA) is 75.5 Å². The highest BCUT2D eigenvalue weighted by Crippen LogP contribution is 2.32. The van der Waals surface area contributed by atoms with Crippen LogP contribution in [0.1, 0.15) is 28.9 Å². The number of benzene rings is 2. The Morgan fingerprint density at radius 2 is 1.77 bits per heavy atom. The summed E-state index contributed by atoms with van der Waals surface area (Å²) in [6, 6.07) is 14.7. The van der Waals surface area contributed by atoms with Gasteiger partial charge in [-0.15, -0.1) is 0 Å². The predicted octanol–water partition coefficient (Wildman–Crippen LogP) is 3.61. The Hall–Kier alpha value is -3.06. The maximum Gasteiger partial charge on any atom is 0.269 e. The Balaban J connectivity index is 2.08. The molecule has 0 amide bonds. The van der Waals surface area contributed by atoms with Gasteiger partial charge >= 0.3 is 0 Å². The number of carbonyl (C=O) groups is 1. The van der Waals surface area contributed by atoms with E-state index in [4.69, 9.17) is 12.2 Å².